The van der Waals surface area contributed by atoms with Crippen molar-refractivity contribution in [3.05, 3.63) is 64.4 Å². The van der Waals surface area contributed by atoms with Crippen LogP contribution in [-0.4, -0.2) is 0 Å². The minimum atomic E-state index is 0.887. The molecule has 0 nitrogen and oxygen atoms in total. The SMILES string of the molecule is C=C=C(Cc1cc(C)c(C)cc1CI)C(=C)C. The van der Waals surface area contributed by atoms with E-state index in [1.165, 1.54) is 22.3 Å². The standard InChI is InChI=1S/C16H19I/c1-6-14(11(2)3)9-15-7-12(4)13(5)8-16(15)10-17/h7-8H,1-2,9-10H2,3-5H3. The molecule has 0 aliphatic rings. The first kappa shape index (κ1) is 14.3. The van der Waals surface area contributed by atoms with Crippen molar-refractivity contribution in [3.63, 3.8) is 0 Å². The third-order valence-electron chi connectivity index (χ3n) is 3.06. The zero-order valence-corrected chi connectivity index (χ0v) is 13.0. The Kier molecular flexibility index (Phi) is 5.23. The Morgan fingerprint density at radius 3 is 2.18 bits per heavy atom. The number of benzene rings is 1. The average molecular weight is 338 g/mol. The molecule has 0 aliphatic heterocycles. The molecule has 0 unspecified atom stereocenters. The summed E-state index contributed by atoms with van der Waals surface area (Å²) in [7, 11) is 0. The Bertz CT molecular complexity index is 488. The summed E-state index contributed by atoms with van der Waals surface area (Å²) in [5.74, 6) is 0. The molecule has 0 saturated heterocycles. The predicted molar refractivity (Wildman–Crippen MR) is 84.8 cm³/mol. The summed E-state index contributed by atoms with van der Waals surface area (Å²) < 4.78 is 1.04. The van der Waals surface area contributed by atoms with Crippen molar-refractivity contribution < 1.29 is 0 Å². The Morgan fingerprint density at radius 1 is 1.24 bits per heavy atom. The highest BCUT2D eigenvalue weighted by Gasteiger charge is 2.07. The Labute approximate surface area is 118 Å². The largest absolute Gasteiger partial charge is 0.125 e. The average Bonchev–Trinajstić information content (AvgIpc) is 2.29. The molecule has 0 fully saturated rings. The fraction of sp³-hybridized carbons (Fsp3) is 0.312. The van der Waals surface area contributed by atoms with Crippen LogP contribution in [0.15, 0.2) is 42.2 Å². The van der Waals surface area contributed by atoms with Gasteiger partial charge >= 0.3 is 0 Å². The van der Waals surface area contributed by atoms with Gasteiger partial charge in [0, 0.05) is 16.4 Å². The van der Waals surface area contributed by atoms with Crippen LogP contribution >= 0.6 is 22.6 Å². The molecule has 0 radical (unpaired) electrons. The Morgan fingerprint density at radius 2 is 1.76 bits per heavy atom. The number of aryl methyl sites for hydroxylation is 2. The minimum Gasteiger partial charge on any atom is -0.125 e. The van der Waals surface area contributed by atoms with Crippen molar-refractivity contribution in [2.75, 3.05) is 0 Å². The first-order valence-corrected chi connectivity index (χ1v) is 7.22. The van der Waals surface area contributed by atoms with Crippen molar-refractivity contribution in [2.24, 2.45) is 0 Å². The van der Waals surface area contributed by atoms with Crippen molar-refractivity contribution in [1.29, 1.82) is 0 Å². The first-order valence-electron chi connectivity index (χ1n) is 5.69. The van der Waals surface area contributed by atoms with Crippen LogP contribution in [-0.2, 0) is 10.8 Å². The van der Waals surface area contributed by atoms with Crippen molar-refractivity contribution in [2.45, 2.75) is 31.6 Å². The van der Waals surface area contributed by atoms with Crippen LogP contribution in [0.4, 0.5) is 0 Å². The maximum atomic E-state index is 3.98. The summed E-state index contributed by atoms with van der Waals surface area (Å²) in [6.45, 7) is 14.1. The van der Waals surface area contributed by atoms with E-state index in [2.05, 4.69) is 67.5 Å². The van der Waals surface area contributed by atoms with Gasteiger partial charge in [0.05, 0.1) is 0 Å². The van der Waals surface area contributed by atoms with E-state index in [0.717, 1.165) is 22.0 Å². The minimum absolute atomic E-state index is 0.887. The van der Waals surface area contributed by atoms with Gasteiger partial charge in [0.1, 0.15) is 0 Å². The van der Waals surface area contributed by atoms with Gasteiger partial charge in [0.2, 0.25) is 0 Å². The van der Waals surface area contributed by atoms with Crippen LogP contribution in [0, 0.1) is 13.8 Å². The lowest BCUT2D eigenvalue weighted by Crippen LogP contribution is -1.98. The zero-order chi connectivity index (χ0) is 13.0. The molecule has 1 aromatic carbocycles. The van der Waals surface area contributed by atoms with E-state index < -0.39 is 0 Å². The summed E-state index contributed by atoms with van der Waals surface area (Å²) >= 11 is 2.42. The van der Waals surface area contributed by atoms with Crippen molar-refractivity contribution in [1.82, 2.24) is 0 Å². The third kappa shape index (κ3) is 3.58. The van der Waals surface area contributed by atoms with Gasteiger partial charge in [-0.3, -0.25) is 0 Å². The molecule has 1 rings (SSSR count). The lowest BCUT2D eigenvalue weighted by molar-refractivity contribution is 1.11. The summed E-state index contributed by atoms with van der Waals surface area (Å²) in [4.78, 5) is 0. The van der Waals surface area contributed by atoms with Crippen molar-refractivity contribution in [3.8, 4) is 0 Å². The molecule has 1 heteroatoms. The highest BCUT2D eigenvalue weighted by molar-refractivity contribution is 14.1. The van der Waals surface area contributed by atoms with Gasteiger partial charge in [-0.15, -0.1) is 5.73 Å². The van der Waals surface area contributed by atoms with E-state index in [4.69, 9.17) is 0 Å². The number of halogens is 1. The monoisotopic (exact) mass is 338 g/mol. The molecule has 0 aliphatic carbocycles. The van der Waals surface area contributed by atoms with E-state index in [9.17, 15) is 0 Å². The van der Waals surface area contributed by atoms with Gasteiger partial charge < -0.3 is 0 Å². The van der Waals surface area contributed by atoms with Gasteiger partial charge in [-0.05, 0) is 48.6 Å². The molecule has 0 N–H and O–H groups in total. The fourth-order valence-corrected chi connectivity index (χ4v) is 2.49. The number of hydrogen-bond acceptors (Lipinski definition) is 0. The van der Waals surface area contributed by atoms with Gasteiger partial charge in [0.25, 0.3) is 0 Å². The van der Waals surface area contributed by atoms with Gasteiger partial charge in [-0.2, -0.15) is 0 Å². The lowest BCUT2D eigenvalue weighted by atomic mass is 9.94. The van der Waals surface area contributed by atoms with Crippen LogP contribution in [0.2, 0.25) is 0 Å². The second kappa shape index (κ2) is 6.23. The highest BCUT2D eigenvalue weighted by atomic mass is 127. The molecule has 0 atom stereocenters. The molecule has 0 bridgehead atoms. The molecular weight excluding hydrogens is 319 g/mol. The fourth-order valence-electron chi connectivity index (χ4n) is 1.78. The van der Waals surface area contributed by atoms with Crippen LogP contribution in [0.5, 0.6) is 0 Å². The topological polar surface area (TPSA) is 0 Å². The molecule has 0 aromatic heterocycles. The maximum absolute atomic E-state index is 3.98. The van der Waals surface area contributed by atoms with Crippen LogP contribution < -0.4 is 0 Å². The number of rotatable bonds is 4. The molecule has 0 saturated carbocycles. The summed E-state index contributed by atoms with van der Waals surface area (Å²) in [6, 6.07) is 4.57. The number of allylic oxidation sites excluding steroid dienone is 2. The van der Waals surface area contributed by atoms with Crippen LogP contribution in [0.1, 0.15) is 29.2 Å². The molecule has 90 valence electrons. The van der Waals surface area contributed by atoms with E-state index >= 15 is 0 Å². The van der Waals surface area contributed by atoms with Crippen molar-refractivity contribution >= 4 is 22.6 Å². The number of hydrogen-bond donors (Lipinski definition) is 0. The van der Waals surface area contributed by atoms with Crippen LogP contribution in [0.3, 0.4) is 0 Å². The zero-order valence-electron chi connectivity index (χ0n) is 10.9. The molecule has 0 amide bonds. The molecule has 0 spiro atoms. The van der Waals surface area contributed by atoms with Gasteiger partial charge in [-0.1, -0.05) is 47.9 Å². The second-order valence-corrected chi connectivity index (χ2v) is 5.21. The third-order valence-corrected chi connectivity index (χ3v) is 3.88. The normalized spacial score (nSPS) is 9.88. The van der Waals surface area contributed by atoms with E-state index in [1.54, 1.807) is 0 Å². The van der Waals surface area contributed by atoms with E-state index in [0.29, 0.717) is 0 Å². The predicted octanol–water partition coefficient (Wildman–Crippen LogP) is 5.07. The molecular formula is C16H19I. The van der Waals surface area contributed by atoms with Crippen LogP contribution in [0.25, 0.3) is 0 Å². The molecule has 17 heavy (non-hydrogen) atoms. The summed E-state index contributed by atoms with van der Waals surface area (Å²) in [6.07, 6.45) is 0.887. The smallest absolute Gasteiger partial charge is 0.0250 e. The summed E-state index contributed by atoms with van der Waals surface area (Å²) in [5.41, 5.74) is 10.6. The van der Waals surface area contributed by atoms with E-state index in [-0.39, 0.29) is 0 Å². The second-order valence-electron chi connectivity index (χ2n) is 4.45. The lowest BCUT2D eigenvalue weighted by Gasteiger charge is -2.12. The Balaban J connectivity index is 3.18. The molecule has 1 aromatic rings. The first-order chi connectivity index (χ1) is 7.99. The van der Waals surface area contributed by atoms with Gasteiger partial charge in [-0.25, -0.2) is 0 Å². The highest BCUT2D eigenvalue weighted by Crippen LogP contribution is 2.23. The summed E-state index contributed by atoms with van der Waals surface area (Å²) in [5, 5.41) is 0. The Hall–Kier alpha value is -0.790. The van der Waals surface area contributed by atoms with E-state index in [1.807, 2.05) is 6.92 Å². The molecule has 0 heterocycles. The quantitative estimate of drug-likeness (QED) is 0.311. The maximum Gasteiger partial charge on any atom is 0.0250 e. The van der Waals surface area contributed by atoms with Gasteiger partial charge in [0.15, 0.2) is 0 Å². The number of alkyl halides is 1.